The van der Waals surface area contributed by atoms with Gasteiger partial charge in [0, 0.05) is 12.8 Å². The molecule has 1 unspecified atom stereocenters. The second-order valence-corrected chi connectivity index (χ2v) is 4.87. The number of hydrogen-bond donors (Lipinski definition) is 0. The first-order valence-electron chi connectivity index (χ1n) is 5.06. The topological polar surface area (TPSA) is 0 Å². The monoisotopic (exact) mass is 164 g/mol. The van der Waals surface area contributed by atoms with Gasteiger partial charge in [0.25, 0.3) is 0 Å². The highest BCUT2D eigenvalue weighted by atomic mass is 14.3. The fourth-order valence-corrected chi connectivity index (χ4v) is 1.73. The van der Waals surface area contributed by atoms with Crippen LogP contribution in [0.25, 0.3) is 0 Å². The lowest BCUT2D eigenvalue weighted by atomic mass is 9.75. The highest BCUT2D eigenvalue weighted by Gasteiger charge is 2.23. The second kappa shape index (κ2) is 3.99. The summed E-state index contributed by atoms with van der Waals surface area (Å²) in [6.07, 6.45) is 6.29. The standard InChI is InChI=1S/C12H20/c1-12(2,3)11-9-7-5-4-6-8-10-11/h11H,4-5,7,9-10H2,1-3H3. The molecule has 0 bridgehead atoms. The summed E-state index contributed by atoms with van der Waals surface area (Å²) >= 11 is 0. The molecule has 0 fully saturated rings. The van der Waals surface area contributed by atoms with E-state index in [-0.39, 0.29) is 0 Å². The van der Waals surface area contributed by atoms with E-state index < -0.39 is 0 Å². The van der Waals surface area contributed by atoms with E-state index in [1.54, 1.807) is 0 Å². The molecule has 0 aromatic heterocycles. The molecule has 0 spiro atoms. The molecule has 0 amide bonds. The molecule has 0 aliphatic heterocycles. The van der Waals surface area contributed by atoms with Crippen molar-refractivity contribution in [3.8, 4) is 11.8 Å². The summed E-state index contributed by atoms with van der Waals surface area (Å²) in [4.78, 5) is 0. The molecule has 0 aromatic carbocycles. The van der Waals surface area contributed by atoms with Gasteiger partial charge in [-0.25, -0.2) is 0 Å². The van der Waals surface area contributed by atoms with Crippen molar-refractivity contribution in [1.29, 1.82) is 0 Å². The molecule has 0 heterocycles. The molecule has 0 nitrogen and oxygen atoms in total. The van der Waals surface area contributed by atoms with Crippen molar-refractivity contribution >= 4 is 0 Å². The van der Waals surface area contributed by atoms with Crippen LogP contribution in [0.3, 0.4) is 0 Å². The van der Waals surface area contributed by atoms with E-state index in [9.17, 15) is 0 Å². The van der Waals surface area contributed by atoms with E-state index in [1.807, 2.05) is 0 Å². The Kier molecular flexibility index (Phi) is 3.20. The third kappa shape index (κ3) is 2.89. The molecule has 0 aromatic rings. The quantitative estimate of drug-likeness (QED) is 0.480. The van der Waals surface area contributed by atoms with Crippen LogP contribution in [-0.4, -0.2) is 0 Å². The van der Waals surface area contributed by atoms with Gasteiger partial charge in [0.05, 0.1) is 0 Å². The molecule has 68 valence electrons. The van der Waals surface area contributed by atoms with E-state index >= 15 is 0 Å². The van der Waals surface area contributed by atoms with Crippen molar-refractivity contribution in [1.82, 2.24) is 0 Å². The van der Waals surface area contributed by atoms with Crippen LogP contribution in [0.4, 0.5) is 0 Å². The lowest BCUT2D eigenvalue weighted by Crippen LogP contribution is -2.20. The van der Waals surface area contributed by atoms with E-state index in [1.165, 1.54) is 19.3 Å². The van der Waals surface area contributed by atoms with E-state index in [4.69, 9.17) is 0 Å². The Bertz CT molecular complexity index is 184. The maximum absolute atomic E-state index is 3.29. The SMILES string of the molecule is CC(C)(C)C1CC#CCCCC1. The van der Waals surface area contributed by atoms with Gasteiger partial charge in [-0.1, -0.05) is 27.2 Å². The Hall–Kier alpha value is -0.440. The zero-order chi connectivity index (χ0) is 9.03. The Morgan fingerprint density at radius 3 is 2.50 bits per heavy atom. The van der Waals surface area contributed by atoms with Crippen LogP contribution in [0.5, 0.6) is 0 Å². The minimum Gasteiger partial charge on any atom is -0.103 e. The van der Waals surface area contributed by atoms with Crippen LogP contribution >= 0.6 is 0 Å². The highest BCUT2D eigenvalue weighted by molar-refractivity contribution is 5.02. The highest BCUT2D eigenvalue weighted by Crippen LogP contribution is 2.33. The lowest BCUT2D eigenvalue weighted by Gasteiger charge is -2.29. The van der Waals surface area contributed by atoms with Crippen molar-refractivity contribution in [3.05, 3.63) is 0 Å². The molecular formula is C12H20. The lowest BCUT2D eigenvalue weighted by molar-refractivity contribution is 0.224. The molecule has 0 heteroatoms. The summed E-state index contributed by atoms with van der Waals surface area (Å²) in [5, 5.41) is 0. The predicted octanol–water partition coefficient (Wildman–Crippen LogP) is 3.62. The summed E-state index contributed by atoms with van der Waals surface area (Å²) in [7, 11) is 0. The average Bonchev–Trinajstić information content (AvgIpc) is 1.81. The van der Waals surface area contributed by atoms with Crippen molar-refractivity contribution in [2.45, 2.75) is 52.9 Å². The van der Waals surface area contributed by atoms with Gasteiger partial charge in [-0.2, -0.15) is 0 Å². The van der Waals surface area contributed by atoms with Gasteiger partial charge in [-0.15, -0.1) is 11.8 Å². The zero-order valence-corrected chi connectivity index (χ0v) is 8.61. The molecule has 12 heavy (non-hydrogen) atoms. The average molecular weight is 164 g/mol. The van der Waals surface area contributed by atoms with Crippen molar-refractivity contribution in [2.24, 2.45) is 11.3 Å². The maximum Gasteiger partial charge on any atom is 0.0122 e. The molecule has 1 rings (SSSR count). The Balaban J connectivity index is 2.56. The van der Waals surface area contributed by atoms with E-state index in [0.29, 0.717) is 5.41 Å². The third-order valence-electron chi connectivity index (χ3n) is 2.80. The first-order chi connectivity index (χ1) is 5.61. The summed E-state index contributed by atoms with van der Waals surface area (Å²) in [5.41, 5.74) is 0.450. The van der Waals surface area contributed by atoms with E-state index in [0.717, 1.165) is 18.8 Å². The van der Waals surface area contributed by atoms with Crippen LogP contribution in [-0.2, 0) is 0 Å². The molecule has 1 aliphatic carbocycles. The van der Waals surface area contributed by atoms with Crippen molar-refractivity contribution in [2.75, 3.05) is 0 Å². The fraction of sp³-hybridized carbons (Fsp3) is 0.833. The van der Waals surface area contributed by atoms with Gasteiger partial charge < -0.3 is 0 Å². The number of rotatable bonds is 0. The smallest absolute Gasteiger partial charge is 0.0122 e. The summed E-state index contributed by atoms with van der Waals surface area (Å²) in [6.45, 7) is 7.00. The number of hydrogen-bond acceptors (Lipinski definition) is 0. The summed E-state index contributed by atoms with van der Waals surface area (Å²) in [6, 6.07) is 0. The van der Waals surface area contributed by atoms with Crippen LogP contribution in [0.15, 0.2) is 0 Å². The Labute approximate surface area is 76.7 Å². The normalized spacial score (nSPS) is 25.1. The maximum atomic E-state index is 3.29. The minimum absolute atomic E-state index is 0.450. The minimum atomic E-state index is 0.450. The molecular weight excluding hydrogens is 144 g/mol. The predicted molar refractivity (Wildman–Crippen MR) is 53.8 cm³/mol. The van der Waals surface area contributed by atoms with Gasteiger partial charge in [-0.3, -0.25) is 0 Å². The second-order valence-electron chi connectivity index (χ2n) is 4.87. The third-order valence-corrected chi connectivity index (χ3v) is 2.80. The van der Waals surface area contributed by atoms with Crippen molar-refractivity contribution in [3.63, 3.8) is 0 Å². The fourth-order valence-electron chi connectivity index (χ4n) is 1.73. The van der Waals surface area contributed by atoms with Gasteiger partial charge in [0.15, 0.2) is 0 Å². The van der Waals surface area contributed by atoms with E-state index in [2.05, 4.69) is 32.6 Å². The van der Waals surface area contributed by atoms with Crippen LogP contribution in [0.1, 0.15) is 52.9 Å². The first-order valence-corrected chi connectivity index (χ1v) is 5.06. The molecule has 0 saturated carbocycles. The van der Waals surface area contributed by atoms with Gasteiger partial charge in [-0.05, 0) is 24.2 Å². The molecule has 0 saturated heterocycles. The van der Waals surface area contributed by atoms with Gasteiger partial charge in [0.1, 0.15) is 0 Å². The molecule has 1 atom stereocenters. The Morgan fingerprint density at radius 1 is 1.08 bits per heavy atom. The van der Waals surface area contributed by atoms with Gasteiger partial charge in [0.2, 0.25) is 0 Å². The first kappa shape index (κ1) is 9.65. The molecule has 0 N–H and O–H groups in total. The van der Waals surface area contributed by atoms with Crippen molar-refractivity contribution < 1.29 is 0 Å². The van der Waals surface area contributed by atoms with Crippen LogP contribution < -0.4 is 0 Å². The summed E-state index contributed by atoms with van der Waals surface area (Å²) in [5.74, 6) is 7.34. The van der Waals surface area contributed by atoms with Crippen LogP contribution in [0.2, 0.25) is 0 Å². The largest absolute Gasteiger partial charge is 0.103 e. The Morgan fingerprint density at radius 2 is 1.83 bits per heavy atom. The molecule has 1 aliphatic rings. The van der Waals surface area contributed by atoms with Crippen LogP contribution in [0, 0.1) is 23.2 Å². The molecule has 0 radical (unpaired) electrons. The van der Waals surface area contributed by atoms with Gasteiger partial charge >= 0.3 is 0 Å². The zero-order valence-electron chi connectivity index (χ0n) is 8.61. The summed E-state index contributed by atoms with van der Waals surface area (Å²) < 4.78 is 0.